The molecule has 5 nitrogen and oxygen atoms in total. The first-order valence-corrected chi connectivity index (χ1v) is 7.47. The molecule has 1 aliphatic heterocycles. The van der Waals surface area contributed by atoms with Crippen LogP contribution in [0.5, 0.6) is 0 Å². The molecule has 1 aromatic rings. The van der Waals surface area contributed by atoms with E-state index in [2.05, 4.69) is 14.9 Å². The van der Waals surface area contributed by atoms with Gasteiger partial charge < -0.3 is 5.11 Å². The Labute approximate surface area is 123 Å². The van der Waals surface area contributed by atoms with Crippen molar-refractivity contribution in [2.24, 2.45) is 5.92 Å². The number of piperidine rings is 1. The average molecular weight is 296 g/mol. The Bertz CT molecular complexity index is 482. The van der Waals surface area contributed by atoms with Gasteiger partial charge >= 0.3 is 5.97 Å². The minimum atomic E-state index is -0.673. The predicted molar refractivity (Wildman–Crippen MR) is 74.7 cm³/mol. The van der Waals surface area contributed by atoms with Crippen LogP contribution >= 0.6 is 11.6 Å². The second-order valence-corrected chi connectivity index (χ2v) is 6.13. The van der Waals surface area contributed by atoms with Gasteiger partial charge in [0.1, 0.15) is 11.9 Å². The molecule has 1 N–H and O–H groups in total. The van der Waals surface area contributed by atoms with E-state index in [0.717, 1.165) is 44.6 Å². The molecule has 20 heavy (non-hydrogen) atoms. The molecule has 2 fully saturated rings. The molecule has 0 spiro atoms. The molecule has 0 radical (unpaired) electrons. The van der Waals surface area contributed by atoms with Gasteiger partial charge in [-0.2, -0.15) is 0 Å². The summed E-state index contributed by atoms with van der Waals surface area (Å²) in [5, 5.41) is 9.92. The van der Waals surface area contributed by atoms with E-state index in [1.807, 2.05) is 0 Å². The summed E-state index contributed by atoms with van der Waals surface area (Å²) in [5.41, 5.74) is 0. The minimum absolute atomic E-state index is 0.290. The van der Waals surface area contributed by atoms with Crippen LogP contribution in [0.15, 0.2) is 12.4 Å². The lowest BCUT2D eigenvalue weighted by Gasteiger charge is -2.35. The summed E-state index contributed by atoms with van der Waals surface area (Å²) in [5.74, 6) is 0.828. The standard InChI is InChI=1S/C14H18ClN3O2/c15-11-7-16-13(17-8-11)10-3-5-18(6-4-10)12(14(19)20)9-1-2-9/h7-10,12H,1-6H2,(H,19,20). The number of carboxylic acids is 1. The van der Waals surface area contributed by atoms with E-state index in [0.29, 0.717) is 16.9 Å². The van der Waals surface area contributed by atoms with Crippen LogP contribution < -0.4 is 0 Å². The lowest BCUT2D eigenvalue weighted by Crippen LogP contribution is -2.46. The smallest absolute Gasteiger partial charge is 0.321 e. The molecule has 0 amide bonds. The van der Waals surface area contributed by atoms with Gasteiger partial charge in [0.25, 0.3) is 0 Å². The van der Waals surface area contributed by atoms with Gasteiger partial charge in [-0.25, -0.2) is 9.97 Å². The topological polar surface area (TPSA) is 66.3 Å². The molecule has 108 valence electrons. The number of halogens is 1. The Kier molecular flexibility index (Phi) is 3.89. The lowest BCUT2D eigenvalue weighted by atomic mass is 9.94. The molecular weight excluding hydrogens is 278 g/mol. The zero-order chi connectivity index (χ0) is 14.1. The van der Waals surface area contributed by atoms with E-state index in [4.69, 9.17) is 11.6 Å². The summed E-state index contributed by atoms with van der Waals surface area (Å²) >= 11 is 5.79. The zero-order valence-corrected chi connectivity index (χ0v) is 12.0. The van der Waals surface area contributed by atoms with Gasteiger partial charge in [-0.15, -0.1) is 0 Å². The molecule has 1 saturated heterocycles. The molecule has 1 unspecified atom stereocenters. The summed E-state index contributed by atoms with van der Waals surface area (Å²) in [6.07, 6.45) is 7.19. The molecule has 1 saturated carbocycles. The second kappa shape index (κ2) is 5.66. The van der Waals surface area contributed by atoms with Crippen LogP contribution in [0.25, 0.3) is 0 Å². The Hall–Kier alpha value is -1.20. The number of likely N-dealkylation sites (tertiary alicyclic amines) is 1. The summed E-state index contributed by atoms with van der Waals surface area (Å²) in [6.45, 7) is 1.62. The van der Waals surface area contributed by atoms with Crippen molar-refractivity contribution >= 4 is 17.6 Å². The SMILES string of the molecule is O=C(O)C(C1CC1)N1CCC(c2ncc(Cl)cn2)CC1. The van der Waals surface area contributed by atoms with Crippen LogP contribution in [-0.2, 0) is 4.79 Å². The highest BCUT2D eigenvalue weighted by atomic mass is 35.5. The monoisotopic (exact) mass is 295 g/mol. The van der Waals surface area contributed by atoms with E-state index in [9.17, 15) is 9.90 Å². The van der Waals surface area contributed by atoms with E-state index in [1.54, 1.807) is 12.4 Å². The molecule has 0 aromatic carbocycles. The Morgan fingerprint density at radius 2 is 1.85 bits per heavy atom. The van der Waals surface area contributed by atoms with Crippen molar-refractivity contribution in [3.05, 3.63) is 23.2 Å². The Balaban J connectivity index is 1.61. The Morgan fingerprint density at radius 1 is 1.25 bits per heavy atom. The number of carbonyl (C=O) groups is 1. The maximum Gasteiger partial charge on any atom is 0.321 e. The van der Waals surface area contributed by atoms with Gasteiger partial charge in [-0.3, -0.25) is 9.69 Å². The van der Waals surface area contributed by atoms with E-state index >= 15 is 0 Å². The summed E-state index contributed by atoms with van der Waals surface area (Å²) in [4.78, 5) is 22.1. The third-order valence-electron chi connectivity index (χ3n) is 4.25. The van der Waals surface area contributed by atoms with Crippen molar-refractivity contribution in [2.45, 2.75) is 37.6 Å². The Morgan fingerprint density at radius 3 is 2.35 bits per heavy atom. The number of aliphatic carboxylic acids is 1. The molecule has 0 bridgehead atoms. The van der Waals surface area contributed by atoms with Crippen molar-refractivity contribution < 1.29 is 9.90 Å². The van der Waals surface area contributed by atoms with Crippen LogP contribution in [-0.4, -0.2) is 45.1 Å². The number of carboxylic acid groups (broad SMARTS) is 1. The minimum Gasteiger partial charge on any atom is -0.480 e. The van der Waals surface area contributed by atoms with Crippen molar-refractivity contribution in [1.82, 2.24) is 14.9 Å². The zero-order valence-electron chi connectivity index (χ0n) is 11.2. The normalized spacial score (nSPS) is 22.6. The van der Waals surface area contributed by atoms with Gasteiger partial charge in [0.15, 0.2) is 0 Å². The van der Waals surface area contributed by atoms with Crippen LogP contribution in [0.4, 0.5) is 0 Å². The number of hydrogen-bond donors (Lipinski definition) is 1. The molecule has 6 heteroatoms. The molecule has 2 aliphatic rings. The van der Waals surface area contributed by atoms with E-state index in [1.165, 1.54) is 0 Å². The molecule has 1 atom stereocenters. The highest BCUT2D eigenvalue weighted by Crippen LogP contribution is 2.37. The van der Waals surface area contributed by atoms with Gasteiger partial charge in [0, 0.05) is 18.3 Å². The maximum absolute atomic E-state index is 11.4. The van der Waals surface area contributed by atoms with Crippen molar-refractivity contribution in [3.8, 4) is 0 Å². The molecule has 2 heterocycles. The first kappa shape index (κ1) is 13.8. The van der Waals surface area contributed by atoms with Crippen LogP contribution in [0, 0.1) is 5.92 Å². The average Bonchev–Trinajstić information content (AvgIpc) is 3.25. The lowest BCUT2D eigenvalue weighted by molar-refractivity contribution is -0.144. The largest absolute Gasteiger partial charge is 0.480 e. The highest BCUT2D eigenvalue weighted by Gasteiger charge is 2.41. The van der Waals surface area contributed by atoms with Crippen LogP contribution in [0.1, 0.15) is 37.4 Å². The molecular formula is C14H18ClN3O2. The van der Waals surface area contributed by atoms with Crippen molar-refractivity contribution in [2.75, 3.05) is 13.1 Å². The fraction of sp³-hybridized carbons (Fsp3) is 0.643. The van der Waals surface area contributed by atoms with Crippen molar-refractivity contribution in [1.29, 1.82) is 0 Å². The fourth-order valence-corrected chi connectivity index (χ4v) is 3.13. The second-order valence-electron chi connectivity index (χ2n) is 5.69. The molecule has 3 rings (SSSR count). The quantitative estimate of drug-likeness (QED) is 0.922. The van der Waals surface area contributed by atoms with Crippen LogP contribution in [0.3, 0.4) is 0 Å². The molecule has 1 aromatic heterocycles. The third kappa shape index (κ3) is 2.94. The summed E-state index contributed by atoms with van der Waals surface area (Å²) < 4.78 is 0. The molecule has 1 aliphatic carbocycles. The summed E-state index contributed by atoms with van der Waals surface area (Å²) in [7, 11) is 0. The first-order chi connectivity index (χ1) is 9.65. The maximum atomic E-state index is 11.4. The van der Waals surface area contributed by atoms with Crippen molar-refractivity contribution in [3.63, 3.8) is 0 Å². The summed E-state index contributed by atoms with van der Waals surface area (Å²) in [6, 6.07) is -0.290. The van der Waals surface area contributed by atoms with Gasteiger partial charge in [-0.1, -0.05) is 11.6 Å². The van der Waals surface area contributed by atoms with Gasteiger partial charge in [0.05, 0.1) is 5.02 Å². The van der Waals surface area contributed by atoms with Gasteiger partial charge in [0.2, 0.25) is 0 Å². The third-order valence-corrected chi connectivity index (χ3v) is 4.45. The predicted octanol–water partition coefficient (Wildman–Crippen LogP) is 2.17. The number of aromatic nitrogens is 2. The van der Waals surface area contributed by atoms with Crippen LogP contribution in [0.2, 0.25) is 5.02 Å². The van der Waals surface area contributed by atoms with E-state index < -0.39 is 5.97 Å². The first-order valence-electron chi connectivity index (χ1n) is 7.09. The van der Waals surface area contributed by atoms with E-state index in [-0.39, 0.29) is 6.04 Å². The number of nitrogens with zero attached hydrogens (tertiary/aromatic N) is 3. The highest BCUT2D eigenvalue weighted by molar-refractivity contribution is 6.30. The number of hydrogen-bond acceptors (Lipinski definition) is 4. The van der Waals surface area contributed by atoms with Gasteiger partial charge in [-0.05, 0) is 44.7 Å². The number of rotatable bonds is 4. The fourth-order valence-electron chi connectivity index (χ4n) is 3.04.